The number of rotatable bonds is 4. The lowest BCUT2D eigenvalue weighted by atomic mass is 9.83. The van der Waals surface area contributed by atoms with Crippen molar-refractivity contribution < 1.29 is 4.48 Å². The van der Waals surface area contributed by atoms with Crippen LogP contribution in [0, 0.1) is 0 Å². The van der Waals surface area contributed by atoms with Gasteiger partial charge in [0.2, 0.25) is 7.98 Å². The molecule has 2 nitrogen and oxygen atoms in total. The Kier molecular flexibility index (Phi) is 5.59. The van der Waals surface area contributed by atoms with E-state index in [2.05, 4.69) is 12.5 Å². The van der Waals surface area contributed by atoms with Crippen molar-refractivity contribution >= 4 is 34.6 Å². The molecular formula is C4H12B3FN2S. The molecule has 0 aromatic heterocycles. The van der Waals surface area contributed by atoms with E-state index < -0.39 is 0 Å². The van der Waals surface area contributed by atoms with Crippen molar-refractivity contribution in [1.29, 1.82) is 0 Å². The third-order valence-corrected chi connectivity index (χ3v) is 1.84. The van der Waals surface area contributed by atoms with Crippen molar-refractivity contribution in [2.24, 2.45) is 0 Å². The van der Waals surface area contributed by atoms with Gasteiger partial charge in [0.1, 0.15) is 0 Å². The first-order chi connectivity index (χ1) is 5.11. The number of halogens is 1. The molecule has 11 heavy (non-hydrogen) atoms. The highest BCUT2D eigenvalue weighted by molar-refractivity contribution is 8.06. The first-order valence-electron chi connectivity index (χ1n) is 3.46. The lowest BCUT2D eigenvalue weighted by Crippen LogP contribution is -2.29. The average Bonchev–Trinajstić information content (AvgIpc) is 1.98. The van der Waals surface area contributed by atoms with Crippen LogP contribution in [-0.2, 0) is 0 Å². The standard InChI is InChI=1S/C4H12B3FN2S/c1-3-4(6-10(5)8)9(2)7-11/h3,6-7,11H,5H2,1-2H3/b4-3-. The van der Waals surface area contributed by atoms with E-state index in [1.165, 1.54) is 7.98 Å². The van der Waals surface area contributed by atoms with Gasteiger partial charge in [0.15, 0.2) is 0 Å². The Morgan fingerprint density at radius 3 is 2.55 bits per heavy atom. The summed E-state index contributed by atoms with van der Waals surface area (Å²) in [6.07, 6.45) is 1.88. The molecule has 0 aromatic carbocycles. The smallest absolute Gasteiger partial charge is 0.300 e. The molecule has 0 aliphatic rings. The van der Waals surface area contributed by atoms with E-state index in [0.717, 1.165) is 5.60 Å². The predicted molar refractivity (Wildman–Crippen MR) is 56.3 cm³/mol. The summed E-state index contributed by atoms with van der Waals surface area (Å²) >= 11 is 4.08. The molecule has 0 radical (unpaired) electrons. The van der Waals surface area contributed by atoms with Gasteiger partial charge in [-0.2, -0.15) is 4.48 Å². The Morgan fingerprint density at radius 1 is 1.73 bits per heavy atom. The molecule has 7 heteroatoms. The second-order valence-corrected chi connectivity index (χ2v) is 2.67. The topological polar surface area (TPSA) is 6.48 Å². The monoisotopic (exact) mass is 172 g/mol. The summed E-state index contributed by atoms with van der Waals surface area (Å²) in [5, 5.41) is 0. The van der Waals surface area contributed by atoms with Gasteiger partial charge in [-0.05, 0) is 19.6 Å². The molecule has 0 saturated heterocycles. The van der Waals surface area contributed by atoms with Crippen LogP contribution in [0.1, 0.15) is 6.92 Å². The third kappa shape index (κ3) is 4.42. The fourth-order valence-corrected chi connectivity index (χ4v) is 0.928. The van der Waals surface area contributed by atoms with Crippen LogP contribution in [0.5, 0.6) is 0 Å². The number of hydrogen-bond donors (Lipinski definition) is 1. The zero-order valence-corrected chi connectivity index (χ0v) is 8.11. The molecule has 0 N–H and O–H groups in total. The molecular weight excluding hydrogens is 160 g/mol. The Bertz CT molecular complexity index is 143. The first-order valence-corrected chi connectivity index (χ1v) is 4.09. The Morgan fingerprint density at radius 2 is 2.27 bits per heavy atom. The SMILES string of the molecule is BN(F)B/C(=C/C)N(C)BS. The van der Waals surface area contributed by atoms with Crippen molar-refractivity contribution in [1.82, 2.24) is 9.75 Å². The first kappa shape index (κ1) is 11.0. The van der Waals surface area contributed by atoms with E-state index in [1.54, 1.807) is 0 Å². The maximum absolute atomic E-state index is 12.4. The van der Waals surface area contributed by atoms with E-state index >= 15 is 0 Å². The van der Waals surface area contributed by atoms with Gasteiger partial charge in [0, 0.05) is 0 Å². The second-order valence-electron chi connectivity index (χ2n) is 2.38. The fourth-order valence-electron chi connectivity index (χ4n) is 0.746. The summed E-state index contributed by atoms with van der Waals surface area (Å²) in [5.74, 6) is 0. The molecule has 0 bridgehead atoms. The van der Waals surface area contributed by atoms with Crippen LogP contribution in [0.3, 0.4) is 0 Å². The van der Waals surface area contributed by atoms with Crippen molar-refractivity contribution in [3.05, 3.63) is 11.7 Å². The molecule has 0 aliphatic carbocycles. The lowest BCUT2D eigenvalue weighted by Gasteiger charge is -2.20. The van der Waals surface area contributed by atoms with Crippen LogP contribution < -0.4 is 0 Å². The van der Waals surface area contributed by atoms with E-state index in [9.17, 15) is 4.48 Å². The van der Waals surface area contributed by atoms with Crippen LogP contribution in [0.2, 0.25) is 0 Å². The molecule has 0 unspecified atom stereocenters. The van der Waals surface area contributed by atoms with Crippen molar-refractivity contribution in [3.8, 4) is 0 Å². The molecule has 0 atom stereocenters. The largest absolute Gasteiger partial charge is 0.421 e. The summed E-state index contributed by atoms with van der Waals surface area (Å²) in [6, 6.07) is 0. The number of nitrogens with zero attached hydrogens (tertiary/aromatic N) is 2. The van der Waals surface area contributed by atoms with Gasteiger partial charge >= 0.3 is 0 Å². The zero-order valence-electron chi connectivity index (χ0n) is 7.21. The normalized spacial score (nSPS) is 11.5. The zero-order chi connectivity index (χ0) is 8.85. The Labute approximate surface area is 75.0 Å². The highest BCUT2D eigenvalue weighted by Crippen LogP contribution is 1.99. The van der Waals surface area contributed by atoms with Gasteiger partial charge in [-0.25, -0.2) is 17.4 Å². The van der Waals surface area contributed by atoms with Crippen LogP contribution in [0.4, 0.5) is 4.48 Å². The van der Waals surface area contributed by atoms with E-state index in [4.69, 9.17) is 0 Å². The van der Waals surface area contributed by atoms with E-state index in [-0.39, 0.29) is 0 Å². The molecule has 0 fully saturated rings. The van der Waals surface area contributed by atoms with Gasteiger partial charge in [-0.1, -0.05) is 6.08 Å². The molecule has 0 spiro atoms. The van der Waals surface area contributed by atoms with Gasteiger partial charge < -0.3 is 4.81 Å². The van der Waals surface area contributed by atoms with E-state index in [1.807, 2.05) is 24.9 Å². The van der Waals surface area contributed by atoms with Crippen LogP contribution in [-0.4, -0.2) is 38.9 Å². The molecule has 0 amide bonds. The number of thiol groups is 1. The molecule has 0 saturated carbocycles. The second kappa shape index (κ2) is 5.60. The maximum Gasteiger partial charge on any atom is 0.300 e. The van der Waals surface area contributed by atoms with Crippen molar-refractivity contribution in [3.63, 3.8) is 0 Å². The molecule has 0 aromatic rings. The van der Waals surface area contributed by atoms with Crippen LogP contribution in [0.25, 0.3) is 0 Å². The predicted octanol–water partition coefficient (Wildman–Crippen LogP) is -0.938. The fraction of sp³-hybridized carbons (Fsp3) is 0.500. The van der Waals surface area contributed by atoms with Crippen molar-refractivity contribution in [2.45, 2.75) is 6.92 Å². The molecule has 0 heterocycles. The van der Waals surface area contributed by atoms with Gasteiger partial charge in [-0.15, -0.1) is 0 Å². The Balaban J connectivity index is 3.97. The van der Waals surface area contributed by atoms with Crippen LogP contribution in [0.15, 0.2) is 11.7 Å². The number of allylic oxidation sites excluding steroid dienone is 1. The maximum atomic E-state index is 12.4. The van der Waals surface area contributed by atoms with Gasteiger partial charge in [0.05, 0.1) is 0 Å². The minimum absolute atomic E-state index is 0.313. The highest BCUT2D eigenvalue weighted by Gasteiger charge is 2.07. The van der Waals surface area contributed by atoms with Gasteiger partial charge in [-0.3, -0.25) is 0 Å². The van der Waals surface area contributed by atoms with Crippen LogP contribution >= 0.6 is 12.5 Å². The van der Waals surface area contributed by atoms with E-state index in [0.29, 0.717) is 19.1 Å². The van der Waals surface area contributed by atoms with Crippen molar-refractivity contribution in [2.75, 3.05) is 7.05 Å². The number of hydrogen-bond acceptors (Lipinski definition) is 3. The quantitative estimate of drug-likeness (QED) is 0.332. The molecule has 0 aliphatic heterocycles. The lowest BCUT2D eigenvalue weighted by molar-refractivity contribution is 0.268. The average molecular weight is 172 g/mol. The molecule has 0 rings (SSSR count). The highest BCUT2D eigenvalue weighted by atomic mass is 32.1. The summed E-state index contributed by atoms with van der Waals surface area (Å²) < 4.78 is 12.4. The summed E-state index contributed by atoms with van der Waals surface area (Å²) in [5.41, 5.74) is 0.935. The third-order valence-electron chi connectivity index (χ3n) is 1.42. The minimum atomic E-state index is 0.313. The summed E-state index contributed by atoms with van der Waals surface area (Å²) in [6.45, 7) is 2.49. The minimum Gasteiger partial charge on any atom is -0.421 e. The molecule has 60 valence electrons. The summed E-state index contributed by atoms with van der Waals surface area (Å²) in [7, 11) is 3.59. The van der Waals surface area contributed by atoms with Gasteiger partial charge in [0.25, 0.3) is 14.1 Å². The Hall–Kier alpha value is -0.0252. The summed E-state index contributed by atoms with van der Waals surface area (Å²) in [4.78, 5) is 2.54.